The molecule has 2 aromatic carbocycles. The van der Waals surface area contributed by atoms with Crippen LogP contribution in [0.4, 0.5) is 10.1 Å². The summed E-state index contributed by atoms with van der Waals surface area (Å²) < 4.78 is 37.9. The van der Waals surface area contributed by atoms with E-state index >= 15 is 0 Å². The molecule has 3 rings (SSSR count). The van der Waals surface area contributed by atoms with Crippen LogP contribution in [0.5, 0.6) is 0 Å². The van der Waals surface area contributed by atoms with Gasteiger partial charge in [0.25, 0.3) is 0 Å². The molecule has 1 aliphatic heterocycles. The fourth-order valence-electron chi connectivity index (χ4n) is 2.17. The van der Waals surface area contributed by atoms with Crippen LogP contribution < -0.4 is 5.32 Å². The first-order chi connectivity index (χ1) is 9.96. The third-order valence-corrected chi connectivity index (χ3v) is 7.21. The van der Waals surface area contributed by atoms with E-state index in [0.29, 0.717) is 16.3 Å². The van der Waals surface area contributed by atoms with Crippen molar-refractivity contribution in [3.05, 3.63) is 53.8 Å². The lowest BCUT2D eigenvalue weighted by Gasteiger charge is -2.25. The molecule has 3 nitrogen and oxygen atoms in total. The molecule has 110 valence electrons. The normalized spacial score (nSPS) is 17.9. The number of benzene rings is 2. The molecule has 0 aromatic heterocycles. The second-order valence-corrected chi connectivity index (χ2v) is 8.60. The minimum absolute atomic E-state index is 0.298. The molecule has 1 N–H and O–H groups in total. The van der Waals surface area contributed by atoms with Crippen LogP contribution in [-0.2, 0) is 9.84 Å². The maximum atomic E-state index is 13.3. The summed E-state index contributed by atoms with van der Waals surface area (Å²) in [6.45, 7) is 2.21. The first kappa shape index (κ1) is 14.4. The Bertz CT molecular complexity index is 773. The van der Waals surface area contributed by atoms with E-state index in [9.17, 15) is 12.8 Å². The Morgan fingerprint density at radius 1 is 1.19 bits per heavy atom. The average molecular weight is 323 g/mol. The largest absolute Gasteiger partial charge is 0.382 e. The fourth-order valence-corrected chi connectivity index (χ4v) is 5.34. The molecular weight excluding hydrogens is 309 g/mol. The topological polar surface area (TPSA) is 46.2 Å². The third kappa shape index (κ3) is 2.78. The monoisotopic (exact) mass is 323 g/mol. The van der Waals surface area contributed by atoms with E-state index in [1.807, 2.05) is 6.92 Å². The lowest BCUT2D eigenvalue weighted by Crippen LogP contribution is -2.29. The molecular formula is C15H14FNO2S2. The van der Waals surface area contributed by atoms with Gasteiger partial charge in [-0.3, -0.25) is 0 Å². The Morgan fingerprint density at radius 2 is 1.90 bits per heavy atom. The molecule has 0 saturated carbocycles. The first-order valence-corrected chi connectivity index (χ1v) is 8.90. The fraction of sp³-hybridized carbons (Fsp3) is 0.200. The van der Waals surface area contributed by atoms with Crippen LogP contribution in [0.3, 0.4) is 0 Å². The number of rotatable bonds is 2. The highest BCUT2D eigenvalue weighted by molar-refractivity contribution is 8.13. The predicted molar refractivity (Wildman–Crippen MR) is 82.9 cm³/mol. The highest BCUT2D eigenvalue weighted by Gasteiger charge is 2.32. The molecule has 2 aromatic rings. The molecule has 1 unspecified atom stereocenters. The number of fused-ring (bicyclic) bond motifs is 1. The van der Waals surface area contributed by atoms with E-state index in [-0.39, 0.29) is 5.82 Å². The van der Waals surface area contributed by atoms with Gasteiger partial charge in [0.1, 0.15) is 10.4 Å². The lowest BCUT2D eigenvalue weighted by molar-refractivity contribution is 0.593. The molecule has 0 radical (unpaired) electrons. The summed E-state index contributed by atoms with van der Waals surface area (Å²) >= 11 is 1.19. The van der Waals surface area contributed by atoms with Crippen LogP contribution >= 0.6 is 11.8 Å². The number of nitrogens with one attached hydrogen (secondary N) is 1. The zero-order valence-corrected chi connectivity index (χ0v) is 13.0. The number of hydrogen-bond donors (Lipinski definition) is 1. The van der Waals surface area contributed by atoms with Gasteiger partial charge >= 0.3 is 0 Å². The predicted octanol–water partition coefficient (Wildman–Crippen LogP) is 3.45. The Balaban J connectivity index is 1.93. The average Bonchev–Trinajstić information content (AvgIpc) is 2.47. The minimum atomic E-state index is -3.46. The Hall–Kier alpha value is -1.53. The van der Waals surface area contributed by atoms with Crippen molar-refractivity contribution in [1.82, 2.24) is 0 Å². The molecule has 0 saturated heterocycles. The Labute approximate surface area is 127 Å². The second kappa shape index (κ2) is 5.35. The maximum absolute atomic E-state index is 13.3. The highest BCUT2D eigenvalue weighted by atomic mass is 32.3. The summed E-state index contributed by atoms with van der Waals surface area (Å²) in [6, 6.07) is 11.2. The SMILES string of the molecule is Cc1ccc(S(=O)(=O)C2CNc3ccc(F)cc3S2)cc1. The second-order valence-electron chi connectivity index (χ2n) is 4.93. The zero-order valence-electron chi connectivity index (χ0n) is 11.3. The van der Waals surface area contributed by atoms with E-state index in [1.54, 1.807) is 30.3 Å². The lowest BCUT2D eigenvalue weighted by atomic mass is 10.2. The van der Waals surface area contributed by atoms with Crippen LogP contribution in [0, 0.1) is 12.7 Å². The summed E-state index contributed by atoms with van der Waals surface area (Å²) in [7, 11) is -3.46. The van der Waals surface area contributed by atoms with Crippen LogP contribution in [0.15, 0.2) is 52.3 Å². The van der Waals surface area contributed by atoms with Crippen molar-refractivity contribution in [2.24, 2.45) is 0 Å². The molecule has 21 heavy (non-hydrogen) atoms. The molecule has 1 atom stereocenters. The van der Waals surface area contributed by atoms with E-state index in [4.69, 9.17) is 0 Å². The number of thioether (sulfide) groups is 1. The van der Waals surface area contributed by atoms with Crippen LogP contribution in [0.2, 0.25) is 0 Å². The summed E-state index contributed by atoms with van der Waals surface area (Å²) in [6.07, 6.45) is 0. The minimum Gasteiger partial charge on any atom is -0.382 e. The van der Waals surface area contributed by atoms with Crippen molar-refractivity contribution in [2.75, 3.05) is 11.9 Å². The van der Waals surface area contributed by atoms with Crippen LogP contribution in [0.25, 0.3) is 0 Å². The summed E-state index contributed by atoms with van der Waals surface area (Å²) in [4.78, 5) is 0.925. The van der Waals surface area contributed by atoms with Gasteiger partial charge in [-0.15, -0.1) is 11.8 Å². The smallest absolute Gasteiger partial charge is 0.192 e. The van der Waals surface area contributed by atoms with Gasteiger partial charge in [-0.2, -0.15) is 0 Å². The number of aryl methyl sites for hydroxylation is 1. The molecule has 0 bridgehead atoms. The highest BCUT2D eigenvalue weighted by Crippen LogP contribution is 2.39. The zero-order chi connectivity index (χ0) is 15.0. The van der Waals surface area contributed by atoms with Gasteiger partial charge in [-0.1, -0.05) is 17.7 Å². The molecule has 0 spiro atoms. The van der Waals surface area contributed by atoms with Gasteiger partial charge in [0.15, 0.2) is 9.84 Å². The molecule has 1 heterocycles. The van der Waals surface area contributed by atoms with E-state index < -0.39 is 14.4 Å². The standard InChI is InChI=1S/C15H14FNO2S2/c1-10-2-5-12(6-3-10)21(18,19)15-9-17-13-7-4-11(16)8-14(13)20-15/h2-8,15,17H,9H2,1H3. The quantitative estimate of drug-likeness (QED) is 0.919. The Morgan fingerprint density at radius 3 is 2.62 bits per heavy atom. The van der Waals surface area contributed by atoms with E-state index in [2.05, 4.69) is 5.32 Å². The van der Waals surface area contributed by atoms with Crippen LogP contribution in [-0.4, -0.2) is 19.5 Å². The molecule has 6 heteroatoms. The molecule has 0 amide bonds. The summed E-state index contributed by atoms with van der Waals surface area (Å²) in [5.41, 5.74) is 1.78. The van der Waals surface area contributed by atoms with Gasteiger partial charge < -0.3 is 5.32 Å². The Kier molecular flexibility index (Phi) is 3.67. The molecule has 1 aliphatic rings. The third-order valence-electron chi connectivity index (χ3n) is 3.36. The van der Waals surface area contributed by atoms with E-state index in [1.165, 1.54) is 23.9 Å². The number of sulfone groups is 1. The van der Waals surface area contributed by atoms with Crippen molar-refractivity contribution in [3.63, 3.8) is 0 Å². The molecule has 0 aliphatic carbocycles. The number of hydrogen-bond acceptors (Lipinski definition) is 4. The van der Waals surface area contributed by atoms with Gasteiger partial charge in [0, 0.05) is 17.1 Å². The molecule has 0 fully saturated rings. The van der Waals surface area contributed by atoms with Gasteiger partial charge in [0.2, 0.25) is 0 Å². The maximum Gasteiger partial charge on any atom is 0.192 e. The van der Waals surface area contributed by atoms with E-state index in [0.717, 1.165) is 11.3 Å². The van der Waals surface area contributed by atoms with Crippen LogP contribution in [0.1, 0.15) is 5.56 Å². The summed E-state index contributed by atoms with van der Waals surface area (Å²) in [5.74, 6) is -0.364. The van der Waals surface area contributed by atoms with Crippen molar-refractivity contribution >= 4 is 27.3 Å². The van der Waals surface area contributed by atoms with Crippen molar-refractivity contribution in [2.45, 2.75) is 21.3 Å². The van der Waals surface area contributed by atoms with Crippen molar-refractivity contribution < 1.29 is 12.8 Å². The van der Waals surface area contributed by atoms with Gasteiger partial charge in [0.05, 0.1) is 4.90 Å². The first-order valence-electron chi connectivity index (χ1n) is 6.47. The van der Waals surface area contributed by atoms with Gasteiger partial charge in [-0.05, 0) is 37.3 Å². The van der Waals surface area contributed by atoms with Crippen molar-refractivity contribution in [1.29, 1.82) is 0 Å². The van der Waals surface area contributed by atoms with Crippen molar-refractivity contribution in [3.8, 4) is 0 Å². The number of anilines is 1. The summed E-state index contributed by atoms with van der Waals surface area (Å²) in [5, 5.41) is 3.06. The number of halogens is 1. The van der Waals surface area contributed by atoms with Gasteiger partial charge in [-0.25, -0.2) is 12.8 Å².